The number of ether oxygens (including phenoxy) is 2. The normalized spacial score (nSPS) is 13.6. The summed E-state index contributed by atoms with van der Waals surface area (Å²) in [5, 5.41) is 13.5. The van der Waals surface area contributed by atoms with Gasteiger partial charge in [0, 0.05) is 5.92 Å². The lowest BCUT2D eigenvalue weighted by molar-refractivity contribution is -0.140. The van der Waals surface area contributed by atoms with Crippen molar-refractivity contribution in [2.75, 3.05) is 6.61 Å². The van der Waals surface area contributed by atoms with E-state index in [0.29, 0.717) is 0 Å². The molecule has 0 radical (unpaired) electrons. The Hall–Kier alpha value is -3.55. The number of amides is 2. The molecule has 0 bridgehead atoms. The van der Waals surface area contributed by atoms with Crippen LogP contribution >= 0.6 is 0 Å². The Labute approximate surface area is 174 Å². The van der Waals surface area contributed by atoms with Crippen LogP contribution in [0.4, 0.5) is 9.59 Å². The number of nitrogens with one attached hydrogen (secondary N) is 2. The first-order valence-electron chi connectivity index (χ1n) is 9.49. The third-order valence-electron chi connectivity index (χ3n) is 4.51. The molecule has 0 spiro atoms. The van der Waals surface area contributed by atoms with Crippen LogP contribution in [0.15, 0.2) is 48.5 Å². The number of fused-ring (bicyclic) bond motifs is 3. The average molecular weight is 412 g/mol. The highest BCUT2D eigenvalue weighted by Gasteiger charge is 2.30. The molecule has 2 amide bonds. The van der Waals surface area contributed by atoms with Gasteiger partial charge in [-0.05, 0) is 43.0 Å². The second-order valence-electron chi connectivity index (χ2n) is 7.89. The molecule has 0 heterocycles. The summed E-state index contributed by atoms with van der Waals surface area (Å²) in [6.45, 7) is 4.95. The zero-order valence-corrected chi connectivity index (χ0v) is 17.0. The molecule has 2 aromatic rings. The Bertz CT molecular complexity index is 921. The summed E-state index contributed by atoms with van der Waals surface area (Å²) in [6, 6.07) is 15.7. The van der Waals surface area contributed by atoms with Crippen LogP contribution in [0.25, 0.3) is 11.1 Å². The second kappa shape index (κ2) is 8.44. The van der Waals surface area contributed by atoms with E-state index in [2.05, 4.69) is 10.6 Å². The van der Waals surface area contributed by atoms with Gasteiger partial charge in [-0.15, -0.1) is 0 Å². The fourth-order valence-corrected chi connectivity index (χ4v) is 3.34. The fourth-order valence-electron chi connectivity index (χ4n) is 3.34. The maximum Gasteiger partial charge on any atom is 0.409 e. The van der Waals surface area contributed by atoms with Gasteiger partial charge in [0.1, 0.15) is 12.2 Å². The van der Waals surface area contributed by atoms with Crippen LogP contribution in [0.3, 0.4) is 0 Å². The average Bonchev–Trinajstić information content (AvgIpc) is 2.98. The third-order valence-corrected chi connectivity index (χ3v) is 4.51. The van der Waals surface area contributed by atoms with Gasteiger partial charge in [0.05, 0.1) is 0 Å². The monoisotopic (exact) mass is 412 g/mol. The molecule has 0 unspecified atom stereocenters. The van der Waals surface area contributed by atoms with Gasteiger partial charge in [-0.3, -0.25) is 10.6 Å². The van der Waals surface area contributed by atoms with E-state index in [1.165, 1.54) is 0 Å². The number of hydrogen-bond acceptors (Lipinski definition) is 5. The van der Waals surface area contributed by atoms with Gasteiger partial charge in [-0.25, -0.2) is 14.4 Å². The van der Waals surface area contributed by atoms with Crippen LogP contribution in [-0.4, -0.2) is 41.6 Å². The molecule has 1 aliphatic carbocycles. The number of carbonyl (C=O) groups excluding carboxylic acids is 2. The van der Waals surface area contributed by atoms with Crippen molar-refractivity contribution in [3.05, 3.63) is 59.7 Å². The van der Waals surface area contributed by atoms with E-state index in [0.717, 1.165) is 22.3 Å². The molecule has 1 aliphatic rings. The van der Waals surface area contributed by atoms with Crippen LogP contribution in [0.2, 0.25) is 0 Å². The summed E-state index contributed by atoms with van der Waals surface area (Å²) >= 11 is 0. The Morgan fingerprint density at radius 2 is 1.43 bits per heavy atom. The molecule has 3 N–H and O–H groups in total. The van der Waals surface area contributed by atoms with Crippen LogP contribution in [0.1, 0.15) is 37.8 Å². The molecular formula is C22H24N2O6. The zero-order chi connectivity index (χ0) is 21.9. The number of benzene rings is 2. The minimum Gasteiger partial charge on any atom is -0.478 e. The number of carboxylic acid groups (broad SMARTS) is 1. The van der Waals surface area contributed by atoms with Gasteiger partial charge in [0.2, 0.25) is 6.17 Å². The predicted octanol–water partition coefficient (Wildman–Crippen LogP) is 3.46. The first-order valence-corrected chi connectivity index (χ1v) is 9.49. The Morgan fingerprint density at radius 3 is 1.93 bits per heavy atom. The van der Waals surface area contributed by atoms with Crippen molar-refractivity contribution in [3.63, 3.8) is 0 Å². The van der Waals surface area contributed by atoms with Gasteiger partial charge < -0.3 is 14.6 Å². The lowest BCUT2D eigenvalue weighted by Gasteiger charge is -2.22. The van der Waals surface area contributed by atoms with E-state index in [9.17, 15) is 19.5 Å². The van der Waals surface area contributed by atoms with Gasteiger partial charge in [0.25, 0.3) is 0 Å². The molecule has 0 fully saturated rings. The molecule has 0 aliphatic heterocycles. The summed E-state index contributed by atoms with van der Waals surface area (Å²) in [5.41, 5.74) is 3.42. The molecular weight excluding hydrogens is 388 g/mol. The quantitative estimate of drug-likeness (QED) is 0.648. The van der Waals surface area contributed by atoms with Crippen molar-refractivity contribution in [3.8, 4) is 11.1 Å². The lowest BCUT2D eigenvalue weighted by Crippen LogP contribution is -2.54. The van der Waals surface area contributed by atoms with E-state index in [1.807, 2.05) is 48.5 Å². The predicted molar refractivity (Wildman–Crippen MR) is 109 cm³/mol. The van der Waals surface area contributed by atoms with Gasteiger partial charge in [-0.2, -0.15) is 0 Å². The number of aliphatic carboxylic acids is 1. The summed E-state index contributed by atoms with van der Waals surface area (Å²) in [4.78, 5) is 35.4. The Morgan fingerprint density at radius 1 is 0.933 bits per heavy atom. The summed E-state index contributed by atoms with van der Waals surface area (Å²) in [7, 11) is 0. The zero-order valence-electron chi connectivity index (χ0n) is 17.0. The van der Waals surface area contributed by atoms with Crippen molar-refractivity contribution in [1.82, 2.24) is 10.6 Å². The lowest BCUT2D eigenvalue weighted by atomic mass is 9.98. The maximum atomic E-state index is 12.2. The Kier molecular flexibility index (Phi) is 5.96. The summed E-state index contributed by atoms with van der Waals surface area (Å²) in [5.74, 6) is -1.61. The van der Waals surface area contributed by atoms with E-state index in [4.69, 9.17) is 9.47 Å². The molecule has 1 atom stereocenters. The third kappa shape index (κ3) is 4.89. The van der Waals surface area contributed by atoms with E-state index >= 15 is 0 Å². The number of carboxylic acids is 1. The molecule has 0 aromatic heterocycles. The Balaban J connectivity index is 1.64. The highest BCUT2D eigenvalue weighted by molar-refractivity contribution is 5.84. The van der Waals surface area contributed by atoms with Crippen molar-refractivity contribution in [1.29, 1.82) is 0 Å². The minimum atomic E-state index is -1.68. The molecule has 8 nitrogen and oxygen atoms in total. The summed E-state index contributed by atoms with van der Waals surface area (Å²) in [6.07, 6.45) is -3.61. The van der Waals surface area contributed by atoms with E-state index < -0.39 is 29.9 Å². The number of rotatable bonds is 5. The van der Waals surface area contributed by atoms with Crippen LogP contribution in [0, 0.1) is 0 Å². The molecule has 0 saturated heterocycles. The minimum absolute atomic E-state index is 0.0264. The van der Waals surface area contributed by atoms with Crippen LogP contribution in [-0.2, 0) is 14.3 Å². The van der Waals surface area contributed by atoms with E-state index in [1.54, 1.807) is 20.8 Å². The van der Waals surface area contributed by atoms with Crippen molar-refractivity contribution >= 4 is 18.2 Å². The topological polar surface area (TPSA) is 114 Å². The fraction of sp³-hybridized carbons (Fsp3) is 0.318. The SMILES string of the molecule is CC(C)(C)OC(=O)N[C@H](NC(=O)OCC1c2ccccc2-c2ccccc21)C(=O)O. The largest absolute Gasteiger partial charge is 0.478 e. The maximum absolute atomic E-state index is 12.2. The smallest absolute Gasteiger partial charge is 0.409 e. The molecule has 0 saturated carbocycles. The first-order chi connectivity index (χ1) is 14.2. The first kappa shape index (κ1) is 21.2. The molecule has 30 heavy (non-hydrogen) atoms. The van der Waals surface area contributed by atoms with Crippen molar-refractivity contribution < 1.29 is 29.0 Å². The standard InChI is InChI=1S/C22H24N2O6/c1-22(2,3)30-21(28)24-18(19(25)26)23-20(27)29-12-17-15-10-6-4-8-13(15)14-9-5-7-11-16(14)17/h4-11,17-18H,12H2,1-3H3,(H,23,27)(H,24,28)(H,25,26)/t18-/m0/s1. The molecule has 3 rings (SSSR count). The van der Waals surface area contributed by atoms with Crippen molar-refractivity contribution in [2.45, 2.75) is 38.5 Å². The molecule has 158 valence electrons. The number of alkyl carbamates (subject to hydrolysis) is 2. The van der Waals surface area contributed by atoms with Gasteiger partial charge in [0.15, 0.2) is 0 Å². The molecule has 2 aromatic carbocycles. The van der Waals surface area contributed by atoms with Crippen molar-refractivity contribution in [2.24, 2.45) is 0 Å². The van der Waals surface area contributed by atoms with Gasteiger partial charge >= 0.3 is 18.2 Å². The summed E-state index contributed by atoms with van der Waals surface area (Å²) < 4.78 is 10.3. The van der Waals surface area contributed by atoms with Crippen LogP contribution in [0.5, 0.6) is 0 Å². The molecule has 8 heteroatoms. The second-order valence-corrected chi connectivity index (χ2v) is 7.89. The number of hydrogen-bond donors (Lipinski definition) is 3. The number of carbonyl (C=O) groups is 3. The highest BCUT2D eigenvalue weighted by Crippen LogP contribution is 2.44. The van der Waals surface area contributed by atoms with Crippen LogP contribution < -0.4 is 10.6 Å². The van der Waals surface area contributed by atoms with Gasteiger partial charge in [-0.1, -0.05) is 48.5 Å². The highest BCUT2D eigenvalue weighted by atomic mass is 16.6. The van der Waals surface area contributed by atoms with E-state index in [-0.39, 0.29) is 12.5 Å².